The highest BCUT2D eigenvalue weighted by Gasteiger charge is 2.37. The summed E-state index contributed by atoms with van der Waals surface area (Å²) in [6.07, 6.45) is 1.08. The van der Waals surface area contributed by atoms with Gasteiger partial charge in [0.15, 0.2) is 0 Å². The molecule has 21 heavy (non-hydrogen) atoms. The fourth-order valence-corrected chi connectivity index (χ4v) is 2.37. The summed E-state index contributed by atoms with van der Waals surface area (Å²) >= 11 is 0. The molecule has 0 amide bonds. The monoisotopic (exact) mass is 281 g/mol. The quantitative estimate of drug-likeness (QED) is 0.827. The number of esters is 1. The van der Waals surface area contributed by atoms with Crippen molar-refractivity contribution < 1.29 is 9.53 Å². The minimum Gasteiger partial charge on any atom is -0.462 e. The normalized spacial score (nSPS) is 20.0. The van der Waals surface area contributed by atoms with Gasteiger partial charge in [0, 0.05) is 18.5 Å². The van der Waals surface area contributed by atoms with Gasteiger partial charge in [-0.05, 0) is 24.1 Å². The van der Waals surface area contributed by atoms with Gasteiger partial charge in [-0.3, -0.25) is 0 Å². The van der Waals surface area contributed by atoms with Gasteiger partial charge >= 0.3 is 5.97 Å². The van der Waals surface area contributed by atoms with Crippen molar-refractivity contribution in [3.8, 4) is 0 Å². The molecule has 0 aliphatic heterocycles. The first-order valence-corrected chi connectivity index (χ1v) is 7.32. The van der Waals surface area contributed by atoms with Crippen LogP contribution in [-0.4, -0.2) is 18.6 Å². The smallest absolute Gasteiger partial charge is 0.338 e. The Hall–Kier alpha value is -2.13. The number of ether oxygens (including phenoxy) is 1. The standard InChI is InChI=1S/C18H19NO2/c20-18(15-9-5-2-6-10-15)21-13-16-11-17(16)19-12-14-7-3-1-4-8-14/h1-10,16-17,19H,11-13H2/t16-,17-/m1/s1. The number of rotatable bonds is 6. The third-order valence-corrected chi connectivity index (χ3v) is 3.77. The van der Waals surface area contributed by atoms with Gasteiger partial charge < -0.3 is 10.1 Å². The van der Waals surface area contributed by atoms with Crippen LogP contribution in [0.4, 0.5) is 0 Å². The molecule has 0 heterocycles. The lowest BCUT2D eigenvalue weighted by Crippen LogP contribution is -2.19. The van der Waals surface area contributed by atoms with Gasteiger partial charge in [0.2, 0.25) is 0 Å². The largest absolute Gasteiger partial charge is 0.462 e. The molecule has 0 spiro atoms. The van der Waals surface area contributed by atoms with Gasteiger partial charge in [-0.1, -0.05) is 48.5 Å². The van der Waals surface area contributed by atoms with Crippen molar-refractivity contribution in [2.45, 2.75) is 19.0 Å². The van der Waals surface area contributed by atoms with E-state index in [2.05, 4.69) is 17.4 Å². The summed E-state index contributed by atoms with van der Waals surface area (Å²) < 4.78 is 5.36. The van der Waals surface area contributed by atoms with Gasteiger partial charge in [0.25, 0.3) is 0 Å². The Morgan fingerprint density at radius 1 is 1.05 bits per heavy atom. The second-order valence-corrected chi connectivity index (χ2v) is 5.43. The van der Waals surface area contributed by atoms with E-state index in [1.165, 1.54) is 5.56 Å². The van der Waals surface area contributed by atoms with Crippen LogP contribution < -0.4 is 5.32 Å². The average molecular weight is 281 g/mol. The number of carbonyl (C=O) groups excluding carboxylic acids is 1. The Bertz CT molecular complexity index is 583. The predicted octanol–water partition coefficient (Wildman–Crippen LogP) is 3.02. The van der Waals surface area contributed by atoms with Crippen LogP contribution in [0.1, 0.15) is 22.3 Å². The predicted molar refractivity (Wildman–Crippen MR) is 81.9 cm³/mol. The van der Waals surface area contributed by atoms with Crippen molar-refractivity contribution in [2.75, 3.05) is 6.61 Å². The highest BCUT2D eigenvalue weighted by Crippen LogP contribution is 2.31. The van der Waals surface area contributed by atoms with Gasteiger partial charge in [-0.2, -0.15) is 0 Å². The third kappa shape index (κ3) is 3.92. The van der Waals surface area contributed by atoms with E-state index < -0.39 is 0 Å². The lowest BCUT2D eigenvalue weighted by atomic mass is 10.2. The average Bonchev–Trinajstić information content (AvgIpc) is 3.31. The summed E-state index contributed by atoms with van der Waals surface area (Å²) in [5.74, 6) is 0.214. The zero-order chi connectivity index (χ0) is 14.5. The molecule has 1 aliphatic carbocycles. The Morgan fingerprint density at radius 3 is 2.43 bits per heavy atom. The van der Waals surface area contributed by atoms with Crippen molar-refractivity contribution in [3.63, 3.8) is 0 Å². The molecule has 3 nitrogen and oxygen atoms in total. The lowest BCUT2D eigenvalue weighted by Gasteiger charge is -2.06. The molecule has 1 N–H and O–H groups in total. The van der Waals surface area contributed by atoms with Gasteiger partial charge in [-0.15, -0.1) is 0 Å². The van der Waals surface area contributed by atoms with E-state index in [1.807, 2.05) is 36.4 Å². The molecule has 0 radical (unpaired) electrons. The molecular formula is C18H19NO2. The van der Waals surface area contributed by atoms with E-state index in [1.54, 1.807) is 12.1 Å². The van der Waals surface area contributed by atoms with Crippen LogP contribution in [0.5, 0.6) is 0 Å². The van der Waals surface area contributed by atoms with E-state index in [9.17, 15) is 4.79 Å². The Kier molecular flexibility index (Phi) is 4.31. The third-order valence-electron chi connectivity index (χ3n) is 3.77. The summed E-state index contributed by atoms with van der Waals surface area (Å²) in [6.45, 7) is 1.37. The maximum Gasteiger partial charge on any atom is 0.338 e. The second kappa shape index (κ2) is 6.55. The molecule has 3 rings (SSSR count). The van der Waals surface area contributed by atoms with Crippen LogP contribution >= 0.6 is 0 Å². The number of hydrogen-bond acceptors (Lipinski definition) is 3. The number of carbonyl (C=O) groups is 1. The molecule has 0 bridgehead atoms. The van der Waals surface area contributed by atoms with Crippen molar-refractivity contribution in [3.05, 3.63) is 71.8 Å². The summed E-state index contributed by atoms with van der Waals surface area (Å²) in [6, 6.07) is 19.9. The minimum absolute atomic E-state index is 0.232. The molecule has 2 atom stereocenters. The fourth-order valence-electron chi connectivity index (χ4n) is 2.37. The molecule has 108 valence electrons. The molecule has 0 aromatic heterocycles. The molecule has 3 heteroatoms. The minimum atomic E-state index is -0.232. The summed E-state index contributed by atoms with van der Waals surface area (Å²) in [5, 5.41) is 3.50. The van der Waals surface area contributed by atoms with E-state index in [4.69, 9.17) is 4.74 Å². The van der Waals surface area contributed by atoms with Crippen molar-refractivity contribution in [2.24, 2.45) is 5.92 Å². The van der Waals surface area contributed by atoms with Crippen LogP contribution in [0.25, 0.3) is 0 Å². The first-order valence-electron chi connectivity index (χ1n) is 7.32. The topological polar surface area (TPSA) is 38.3 Å². The van der Waals surface area contributed by atoms with Crippen LogP contribution in [0.15, 0.2) is 60.7 Å². The second-order valence-electron chi connectivity index (χ2n) is 5.43. The number of benzene rings is 2. The molecule has 0 unspecified atom stereocenters. The first kappa shape index (κ1) is 13.8. The molecule has 1 aliphatic rings. The van der Waals surface area contributed by atoms with Crippen molar-refractivity contribution >= 4 is 5.97 Å². The maximum absolute atomic E-state index is 11.8. The lowest BCUT2D eigenvalue weighted by molar-refractivity contribution is 0.0482. The van der Waals surface area contributed by atoms with Crippen molar-refractivity contribution in [1.82, 2.24) is 5.32 Å². The SMILES string of the molecule is O=C(OC[C@H]1C[C@H]1NCc1ccccc1)c1ccccc1. The fraction of sp³-hybridized carbons (Fsp3) is 0.278. The molecule has 2 aromatic rings. The summed E-state index contributed by atoms with van der Waals surface area (Å²) in [7, 11) is 0. The van der Waals surface area contributed by atoms with E-state index in [-0.39, 0.29) is 5.97 Å². The zero-order valence-corrected chi connectivity index (χ0v) is 11.9. The van der Waals surface area contributed by atoms with E-state index >= 15 is 0 Å². The van der Waals surface area contributed by atoms with Crippen LogP contribution in [0, 0.1) is 5.92 Å². The number of nitrogens with one attached hydrogen (secondary N) is 1. The number of hydrogen-bond donors (Lipinski definition) is 1. The molecule has 0 saturated heterocycles. The first-order chi connectivity index (χ1) is 10.3. The summed E-state index contributed by atoms with van der Waals surface area (Å²) in [5.41, 5.74) is 1.90. The van der Waals surface area contributed by atoms with Crippen molar-refractivity contribution in [1.29, 1.82) is 0 Å². The molecule has 1 saturated carbocycles. The highest BCUT2D eigenvalue weighted by molar-refractivity contribution is 5.89. The molecule has 1 fully saturated rings. The van der Waals surface area contributed by atoms with Crippen LogP contribution in [-0.2, 0) is 11.3 Å². The Balaban J connectivity index is 1.38. The van der Waals surface area contributed by atoms with E-state index in [0.717, 1.165) is 13.0 Å². The Morgan fingerprint density at radius 2 is 1.71 bits per heavy atom. The highest BCUT2D eigenvalue weighted by atomic mass is 16.5. The molecule has 2 aromatic carbocycles. The summed E-state index contributed by atoms with van der Waals surface area (Å²) in [4.78, 5) is 11.8. The zero-order valence-electron chi connectivity index (χ0n) is 11.9. The van der Waals surface area contributed by atoms with Gasteiger partial charge in [0.1, 0.15) is 0 Å². The maximum atomic E-state index is 11.8. The van der Waals surface area contributed by atoms with Gasteiger partial charge in [-0.25, -0.2) is 4.79 Å². The van der Waals surface area contributed by atoms with E-state index in [0.29, 0.717) is 24.1 Å². The van der Waals surface area contributed by atoms with Crippen LogP contribution in [0.3, 0.4) is 0 Å². The molecular weight excluding hydrogens is 262 g/mol. The van der Waals surface area contributed by atoms with Crippen LogP contribution in [0.2, 0.25) is 0 Å². The van der Waals surface area contributed by atoms with Gasteiger partial charge in [0.05, 0.1) is 12.2 Å². The Labute approximate surface area is 124 Å².